The van der Waals surface area contributed by atoms with Crippen LogP contribution in [0.3, 0.4) is 0 Å². The molecule has 2 unspecified atom stereocenters. The molecule has 0 aliphatic carbocycles. The second-order valence-corrected chi connectivity index (χ2v) is 5.82. The Morgan fingerprint density at radius 2 is 1.04 bits per heavy atom. The minimum absolute atomic E-state index is 0.286. The van der Waals surface area contributed by atoms with E-state index in [-0.39, 0.29) is 12.2 Å². The summed E-state index contributed by atoms with van der Waals surface area (Å²) >= 11 is 0. The lowest BCUT2D eigenvalue weighted by molar-refractivity contribution is 0.263. The Morgan fingerprint density at radius 3 is 1.33 bits per heavy atom. The van der Waals surface area contributed by atoms with Crippen molar-refractivity contribution in [2.24, 2.45) is 0 Å². The maximum atomic E-state index is 5.64. The molecule has 2 aliphatic heterocycles. The zero-order valence-corrected chi connectivity index (χ0v) is 16.8. The summed E-state index contributed by atoms with van der Waals surface area (Å²) in [5.74, 6) is 1.76. The summed E-state index contributed by atoms with van der Waals surface area (Å²) in [6.07, 6.45) is 0.571. The first-order valence-electron chi connectivity index (χ1n) is 9.89. The normalized spacial score (nSPS) is 18.8. The van der Waals surface area contributed by atoms with Gasteiger partial charge in [0, 0.05) is 0 Å². The fourth-order valence-electron chi connectivity index (χ4n) is 2.22. The van der Waals surface area contributed by atoms with E-state index in [0.717, 1.165) is 35.6 Å². The van der Waals surface area contributed by atoms with E-state index in [0.29, 0.717) is 13.2 Å². The van der Waals surface area contributed by atoms with Gasteiger partial charge < -0.3 is 18.9 Å². The minimum atomic E-state index is 0.286. The van der Waals surface area contributed by atoms with Gasteiger partial charge in [0.1, 0.15) is 36.9 Å². The first kappa shape index (κ1) is 21.3. The molecule has 145 valence electrons. The van der Waals surface area contributed by atoms with Crippen LogP contribution in [-0.4, -0.2) is 45.9 Å². The average molecular weight is 369 g/mol. The Labute approximate surface area is 164 Å². The summed E-state index contributed by atoms with van der Waals surface area (Å²) in [6.45, 7) is 10.9. The third-order valence-electron chi connectivity index (χ3n) is 3.77. The van der Waals surface area contributed by atoms with E-state index in [1.54, 1.807) is 0 Å². The van der Waals surface area contributed by atoms with Crippen molar-refractivity contribution in [2.75, 3.05) is 26.4 Å². The van der Waals surface area contributed by atoms with Gasteiger partial charge in [0.15, 0.2) is 7.28 Å². The van der Waals surface area contributed by atoms with Crippen LogP contribution in [0.4, 0.5) is 0 Å². The van der Waals surface area contributed by atoms with Crippen LogP contribution < -0.4 is 20.4 Å². The van der Waals surface area contributed by atoms with Gasteiger partial charge in [-0.05, 0) is 24.3 Å². The Bertz CT molecular complexity index is 577. The van der Waals surface area contributed by atoms with Crippen molar-refractivity contribution in [1.29, 1.82) is 0 Å². The molecule has 4 rings (SSSR count). The molecule has 0 N–H and O–H groups in total. The molecule has 2 atom stereocenters. The average Bonchev–Trinajstić information content (AvgIpc) is 3.65. The Morgan fingerprint density at radius 1 is 0.704 bits per heavy atom. The Balaban J connectivity index is 0.000000614. The van der Waals surface area contributed by atoms with E-state index in [1.807, 2.05) is 52.0 Å². The van der Waals surface area contributed by atoms with Crippen LogP contribution in [0, 0.1) is 0 Å². The van der Waals surface area contributed by atoms with Crippen LogP contribution in [0.5, 0.6) is 11.5 Å². The van der Waals surface area contributed by atoms with E-state index in [1.165, 1.54) is 0 Å². The highest BCUT2D eigenvalue weighted by atomic mass is 16.6. The number of rotatable bonds is 8. The second kappa shape index (κ2) is 11.7. The molecule has 1 radical (unpaired) electrons. The number of hydrogen-bond donors (Lipinski definition) is 0. The summed E-state index contributed by atoms with van der Waals surface area (Å²) in [5, 5.41) is 0. The van der Waals surface area contributed by atoms with Crippen LogP contribution in [0.2, 0.25) is 0 Å². The van der Waals surface area contributed by atoms with Gasteiger partial charge >= 0.3 is 0 Å². The molecule has 2 heterocycles. The van der Waals surface area contributed by atoms with E-state index in [2.05, 4.69) is 31.5 Å². The number of benzene rings is 2. The molecule has 0 spiro atoms. The van der Waals surface area contributed by atoms with E-state index >= 15 is 0 Å². The van der Waals surface area contributed by atoms with Crippen molar-refractivity contribution >= 4 is 18.2 Å². The van der Waals surface area contributed by atoms with Gasteiger partial charge in [-0.1, -0.05) is 62.9 Å². The molecule has 27 heavy (non-hydrogen) atoms. The number of ether oxygens (including phenoxy) is 4. The molecule has 2 fully saturated rings. The summed E-state index contributed by atoms with van der Waals surface area (Å²) < 4.78 is 21.5. The molecule has 4 nitrogen and oxygen atoms in total. The molecule has 0 saturated carbocycles. The lowest BCUT2D eigenvalue weighted by Gasteiger charge is -2.07. The number of epoxide rings is 2. The quantitative estimate of drug-likeness (QED) is 0.530. The third kappa shape index (κ3) is 8.06. The van der Waals surface area contributed by atoms with Gasteiger partial charge in [0.2, 0.25) is 0 Å². The monoisotopic (exact) mass is 369 g/mol. The molecule has 2 saturated heterocycles. The van der Waals surface area contributed by atoms with Crippen molar-refractivity contribution in [3.05, 3.63) is 48.5 Å². The van der Waals surface area contributed by atoms with Gasteiger partial charge in [0.05, 0.1) is 13.2 Å². The van der Waals surface area contributed by atoms with Crippen molar-refractivity contribution < 1.29 is 18.9 Å². The fraction of sp³-hybridized carbons (Fsp3) is 0.455. The predicted octanol–water partition coefficient (Wildman–Crippen LogP) is 2.95. The molecule has 0 amide bonds. The standard InChI is InChI=1S/C18H18BO4.2C2H6/c1-5-15(20-9-17-11-22-17)6-2-13(1)19-14-3-7-16(8-4-14)21-10-18-12-23-18;2*1-2/h1-8,17-18H,9-12H2;2*1-2H3. The van der Waals surface area contributed by atoms with Gasteiger partial charge in [-0.3, -0.25) is 0 Å². The Hall–Kier alpha value is -1.98. The van der Waals surface area contributed by atoms with Crippen LogP contribution >= 0.6 is 0 Å². The van der Waals surface area contributed by atoms with Crippen LogP contribution in [-0.2, 0) is 9.47 Å². The topological polar surface area (TPSA) is 43.5 Å². The molecule has 0 aromatic heterocycles. The smallest absolute Gasteiger partial charge is 0.191 e. The Kier molecular flexibility index (Phi) is 9.22. The largest absolute Gasteiger partial charge is 0.491 e. The highest BCUT2D eigenvalue weighted by molar-refractivity contribution is 6.67. The van der Waals surface area contributed by atoms with Crippen LogP contribution in [0.1, 0.15) is 27.7 Å². The SMILES string of the molecule is CC.CC.[B](c1ccc(OCC2CO2)cc1)c1ccc(OCC2CO2)cc1. The molecule has 5 heteroatoms. The molecule has 2 aromatic carbocycles. The molecule has 2 aromatic rings. The van der Waals surface area contributed by atoms with E-state index < -0.39 is 0 Å². The summed E-state index contributed by atoms with van der Waals surface area (Å²) in [7, 11) is 2.13. The lowest BCUT2D eigenvalue weighted by atomic mass is 9.64. The first-order valence-corrected chi connectivity index (χ1v) is 9.89. The predicted molar refractivity (Wildman–Crippen MR) is 111 cm³/mol. The summed E-state index contributed by atoms with van der Waals surface area (Å²) in [5.41, 5.74) is 2.28. The van der Waals surface area contributed by atoms with Crippen molar-refractivity contribution in [3.8, 4) is 11.5 Å². The second-order valence-electron chi connectivity index (χ2n) is 5.82. The zero-order valence-electron chi connectivity index (χ0n) is 16.8. The van der Waals surface area contributed by atoms with E-state index in [4.69, 9.17) is 18.9 Å². The number of hydrogen-bond acceptors (Lipinski definition) is 4. The van der Waals surface area contributed by atoms with Gasteiger partial charge in [-0.25, -0.2) is 0 Å². The van der Waals surface area contributed by atoms with E-state index in [9.17, 15) is 0 Å². The van der Waals surface area contributed by atoms with Gasteiger partial charge in [-0.2, -0.15) is 0 Å². The zero-order chi connectivity index (χ0) is 19.5. The van der Waals surface area contributed by atoms with Crippen molar-refractivity contribution in [1.82, 2.24) is 0 Å². The molecular weight excluding hydrogens is 339 g/mol. The van der Waals surface area contributed by atoms with Crippen LogP contribution in [0.25, 0.3) is 0 Å². The summed E-state index contributed by atoms with van der Waals surface area (Å²) in [4.78, 5) is 0. The molecule has 0 bridgehead atoms. The van der Waals surface area contributed by atoms with Crippen molar-refractivity contribution in [2.45, 2.75) is 39.9 Å². The summed E-state index contributed by atoms with van der Waals surface area (Å²) in [6, 6.07) is 16.2. The van der Waals surface area contributed by atoms with Gasteiger partial charge in [-0.15, -0.1) is 0 Å². The third-order valence-corrected chi connectivity index (χ3v) is 3.77. The highest BCUT2D eigenvalue weighted by Gasteiger charge is 2.23. The van der Waals surface area contributed by atoms with Crippen molar-refractivity contribution in [3.63, 3.8) is 0 Å². The van der Waals surface area contributed by atoms with Crippen LogP contribution in [0.15, 0.2) is 48.5 Å². The maximum Gasteiger partial charge on any atom is 0.191 e. The highest BCUT2D eigenvalue weighted by Crippen LogP contribution is 2.14. The maximum absolute atomic E-state index is 5.64. The molecular formula is C22H30BO4. The first-order chi connectivity index (χ1) is 13.3. The minimum Gasteiger partial charge on any atom is -0.491 e. The fourth-order valence-corrected chi connectivity index (χ4v) is 2.22. The van der Waals surface area contributed by atoms with Gasteiger partial charge in [0.25, 0.3) is 0 Å². The molecule has 2 aliphatic rings. The lowest BCUT2D eigenvalue weighted by Crippen LogP contribution is -2.26.